The third-order valence-electron chi connectivity index (χ3n) is 2.60. The van der Waals surface area contributed by atoms with Crippen LogP contribution in [-0.2, 0) is 4.79 Å². The Kier molecular flexibility index (Phi) is 5.47. The van der Waals surface area contributed by atoms with Crippen LogP contribution in [0.3, 0.4) is 0 Å². The lowest BCUT2D eigenvalue weighted by Crippen LogP contribution is -2.20. The van der Waals surface area contributed by atoms with Gasteiger partial charge in [0.25, 0.3) is 5.91 Å². The molecule has 0 aliphatic carbocycles. The molecule has 0 atom stereocenters. The Morgan fingerprint density at radius 3 is 2.76 bits per heavy atom. The van der Waals surface area contributed by atoms with Crippen LogP contribution in [0.5, 0.6) is 11.5 Å². The maximum absolute atomic E-state index is 11.8. The van der Waals surface area contributed by atoms with E-state index in [-0.39, 0.29) is 12.5 Å². The quantitative estimate of drug-likeness (QED) is 0.861. The van der Waals surface area contributed by atoms with Gasteiger partial charge in [0.1, 0.15) is 11.5 Å². The van der Waals surface area contributed by atoms with Crippen LogP contribution in [0.4, 0.5) is 5.69 Å². The minimum atomic E-state index is -0.267. The second-order valence-corrected chi connectivity index (χ2v) is 5.47. The number of hydrogen-bond acceptors (Lipinski definition) is 3. The number of halogens is 2. The molecule has 6 heteroatoms. The summed E-state index contributed by atoms with van der Waals surface area (Å²) in [4.78, 5) is 11.8. The summed E-state index contributed by atoms with van der Waals surface area (Å²) in [5, 5.41) is 3.14. The predicted octanol–water partition coefficient (Wildman–Crippen LogP) is 4.13. The topological polar surface area (TPSA) is 47.6 Å². The summed E-state index contributed by atoms with van der Waals surface area (Å²) < 4.78 is 11.3. The molecule has 0 aromatic heterocycles. The maximum Gasteiger partial charge on any atom is 0.262 e. The fourth-order valence-electron chi connectivity index (χ4n) is 1.65. The number of rotatable bonds is 5. The van der Waals surface area contributed by atoms with Gasteiger partial charge in [0, 0.05) is 10.2 Å². The van der Waals surface area contributed by atoms with E-state index in [2.05, 4.69) is 21.2 Å². The van der Waals surface area contributed by atoms with Crippen molar-refractivity contribution >= 4 is 39.1 Å². The Balaban J connectivity index is 1.91. The van der Waals surface area contributed by atoms with Crippen LogP contribution in [0, 0.1) is 0 Å². The van der Waals surface area contributed by atoms with Crippen LogP contribution in [0.1, 0.15) is 0 Å². The van der Waals surface area contributed by atoms with Gasteiger partial charge in [-0.1, -0.05) is 33.6 Å². The molecule has 0 fully saturated rings. The van der Waals surface area contributed by atoms with E-state index in [1.165, 1.54) is 7.11 Å². The molecule has 2 aromatic carbocycles. The first-order chi connectivity index (χ1) is 10.1. The van der Waals surface area contributed by atoms with Crippen molar-refractivity contribution < 1.29 is 14.3 Å². The Morgan fingerprint density at radius 2 is 2.10 bits per heavy atom. The summed E-state index contributed by atoms with van der Waals surface area (Å²) in [5.74, 6) is 0.906. The molecule has 1 N–H and O–H groups in total. The van der Waals surface area contributed by atoms with Crippen molar-refractivity contribution in [2.45, 2.75) is 0 Å². The van der Waals surface area contributed by atoms with Crippen molar-refractivity contribution in [3.63, 3.8) is 0 Å². The number of hydrogen-bond donors (Lipinski definition) is 1. The molecule has 0 spiro atoms. The molecule has 0 aliphatic rings. The van der Waals surface area contributed by atoms with E-state index in [4.69, 9.17) is 21.1 Å². The van der Waals surface area contributed by atoms with E-state index in [0.29, 0.717) is 22.2 Å². The molecule has 1 amide bonds. The smallest absolute Gasteiger partial charge is 0.262 e. The molecule has 0 bridgehead atoms. The fourth-order valence-corrected chi connectivity index (χ4v) is 2.28. The van der Waals surface area contributed by atoms with Crippen LogP contribution >= 0.6 is 27.5 Å². The van der Waals surface area contributed by atoms with Gasteiger partial charge < -0.3 is 14.8 Å². The predicted molar refractivity (Wildman–Crippen MR) is 86.3 cm³/mol. The Hall–Kier alpha value is -1.72. The normalized spacial score (nSPS) is 10.0. The van der Waals surface area contributed by atoms with E-state index in [9.17, 15) is 4.79 Å². The first kappa shape index (κ1) is 15.7. The number of methoxy groups -OCH3 is 1. The van der Waals surface area contributed by atoms with Gasteiger partial charge in [-0.3, -0.25) is 4.79 Å². The molecule has 21 heavy (non-hydrogen) atoms. The van der Waals surface area contributed by atoms with Gasteiger partial charge in [-0.15, -0.1) is 0 Å². The number of carbonyl (C=O) groups is 1. The van der Waals surface area contributed by atoms with E-state index >= 15 is 0 Å². The van der Waals surface area contributed by atoms with Gasteiger partial charge in [0.2, 0.25) is 0 Å². The van der Waals surface area contributed by atoms with Gasteiger partial charge in [0.05, 0.1) is 12.1 Å². The lowest BCUT2D eigenvalue weighted by atomic mass is 10.3. The molecular formula is C15H13BrClNO3. The van der Waals surface area contributed by atoms with Gasteiger partial charge >= 0.3 is 0 Å². The zero-order chi connectivity index (χ0) is 15.2. The summed E-state index contributed by atoms with van der Waals surface area (Å²) in [6.45, 7) is -0.0832. The Morgan fingerprint density at radius 1 is 1.29 bits per heavy atom. The molecule has 0 radical (unpaired) electrons. The monoisotopic (exact) mass is 369 g/mol. The second kappa shape index (κ2) is 7.33. The number of carbonyl (C=O) groups excluding carboxylic acids is 1. The van der Waals surface area contributed by atoms with Crippen LogP contribution in [0.15, 0.2) is 46.9 Å². The van der Waals surface area contributed by atoms with E-state index in [1.807, 2.05) is 12.1 Å². The molecule has 0 unspecified atom stereocenters. The van der Waals surface area contributed by atoms with Crippen molar-refractivity contribution in [2.24, 2.45) is 0 Å². The largest absolute Gasteiger partial charge is 0.495 e. The average Bonchev–Trinajstić information content (AvgIpc) is 2.45. The molecule has 0 heterocycles. The summed E-state index contributed by atoms with van der Waals surface area (Å²) in [6, 6.07) is 12.3. The average molecular weight is 371 g/mol. The highest BCUT2D eigenvalue weighted by Crippen LogP contribution is 2.27. The summed E-state index contributed by atoms with van der Waals surface area (Å²) >= 11 is 9.33. The molecule has 110 valence electrons. The Bertz CT molecular complexity index is 649. The molecule has 0 saturated carbocycles. The van der Waals surface area contributed by atoms with E-state index < -0.39 is 0 Å². The van der Waals surface area contributed by atoms with Crippen molar-refractivity contribution in [1.29, 1.82) is 0 Å². The highest BCUT2D eigenvalue weighted by molar-refractivity contribution is 9.10. The molecular weight excluding hydrogens is 358 g/mol. The van der Waals surface area contributed by atoms with Gasteiger partial charge in [-0.2, -0.15) is 0 Å². The molecule has 0 aliphatic heterocycles. The number of anilines is 1. The SMILES string of the molecule is COc1ccc(NC(=O)COc2cccc(Br)c2)cc1Cl. The number of benzene rings is 2. The van der Waals surface area contributed by atoms with Gasteiger partial charge in [0.15, 0.2) is 6.61 Å². The van der Waals surface area contributed by atoms with Crippen LogP contribution in [-0.4, -0.2) is 19.6 Å². The number of nitrogens with one attached hydrogen (secondary N) is 1. The number of ether oxygens (including phenoxy) is 2. The zero-order valence-electron chi connectivity index (χ0n) is 11.2. The Labute approximate surface area is 136 Å². The molecule has 2 aromatic rings. The zero-order valence-corrected chi connectivity index (χ0v) is 13.6. The van der Waals surface area contributed by atoms with Crippen LogP contribution < -0.4 is 14.8 Å². The van der Waals surface area contributed by atoms with Crippen molar-refractivity contribution in [3.8, 4) is 11.5 Å². The lowest BCUT2D eigenvalue weighted by Gasteiger charge is -2.09. The first-order valence-electron chi connectivity index (χ1n) is 6.10. The highest BCUT2D eigenvalue weighted by Gasteiger charge is 2.06. The number of amides is 1. The van der Waals surface area contributed by atoms with Gasteiger partial charge in [-0.05, 0) is 36.4 Å². The molecule has 2 rings (SSSR count). The minimum Gasteiger partial charge on any atom is -0.495 e. The molecule has 0 saturated heterocycles. The fraction of sp³-hybridized carbons (Fsp3) is 0.133. The lowest BCUT2D eigenvalue weighted by molar-refractivity contribution is -0.118. The second-order valence-electron chi connectivity index (χ2n) is 4.14. The van der Waals surface area contributed by atoms with Crippen LogP contribution in [0.2, 0.25) is 5.02 Å². The third-order valence-corrected chi connectivity index (χ3v) is 3.39. The highest BCUT2D eigenvalue weighted by atomic mass is 79.9. The first-order valence-corrected chi connectivity index (χ1v) is 7.27. The van der Waals surface area contributed by atoms with Crippen molar-refractivity contribution in [2.75, 3.05) is 19.0 Å². The van der Waals surface area contributed by atoms with E-state index in [0.717, 1.165) is 4.47 Å². The van der Waals surface area contributed by atoms with Crippen molar-refractivity contribution in [1.82, 2.24) is 0 Å². The third kappa shape index (κ3) is 4.65. The standard InChI is InChI=1S/C15H13BrClNO3/c1-20-14-6-5-11(8-13(14)17)18-15(19)9-21-12-4-2-3-10(16)7-12/h2-8H,9H2,1H3,(H,18,19). The molecule has 4 nitrogen and oxygen atoms in total. The maximum atomic E-state index is 11.8. The summed E-state index contributed by atoms with van der Waals surface area (Å²) in [6.07, 6.45) is 0. The summed E-state index contributed by atoms with van der Waals surface area (Å²) in [5.41, 5.74) is 0.587. The van der Waals surface area contributed by atoms with E-state index in [1.54, 1.807) is 30.3 Å². The van der Waals surface area contributed by atoms with Crippen LogP contribution in [0.25, 0.3) is 0 Å². The minimum absolute atomic E-state index is 0.0832. The summed E-state index contributed by atoms with van der Waals surface area (Å²) in [7, 11) is 1.53. The van der Waals surface area contributed by atoms with Gasteiger partial charge in [-0.25, -0.2) is 0 Å². The van der Waals surface area contributed by atoms with Crippen molar-refractivity contribution in [3.05, 3.63) is 52.0 Å².